The lowest BCUT2D eigenvalue weighted by Gasteiger charge is -2.21. The number of aromatic nitrogens is 1. The first-order valence-electron chi connectivity index (χ1n) is 9.24. The number of anilines is 4. The van der Waals surface area contributed by atoms with Gasteiger partial charge in [-0.25, -0.2) is 0 Å². The van der Waals surface area contributed by atoms with Crippen molar-refractivity contribution in [1.29, 1.82) is 0 Å². The van der Waals surface area contributed by atoms with Gasteiger partial charge in [0.05, 0.1) is 0 Å². The Morgan fingerprint density at radius 1 is 0.964 bits per heavy atom. The Labute approximate surface area is 170 Å². The number of pyridine rings is 1. The summed E-state index contributed by atoms with van der Waals surface area (Å²) in [4.78, 5) is 19.0. The van der Waals surface area contributed by atoms with Gasteiger partial charge in [0.25, 0.3) is 5.91 Å². The van der Waals surface area contributed by atoms with Gasteiger partial charge in [-0.05, 0) is 68.4 Å². The molecule has 1 aromatic heterocycles. The Morgan fingerprint density at radius 3 is 2.36 bits per heavy atom. The molecule has 2 N–H and O–H groups in total. The number of carbonyl (C=O) groups is 1. The summed E-state index contributed by atoms with van der Waals surface area (Å²) in [6.45, 7) is 6.13. The lowest BCUT2D eigenvalue weighted by molar-refractivity contribution is 0.102. The molecule has 144 valence electrons. The molecule has 0 atom stereocenters. The molecule has 3 aromatic rings. The Hall–Kier alpha value is -3.05. The fourth-order valence-corrected chi connectivity index (χ4v) is 3.10. The second-order valence-corrected chi connectivity index (χ2v) is 6.67. The van der Waals surface area contributed by atoms with Crippen LogP contribution in [-0.4, -0.2) is 24.0 Å². The van der Waals surface area contributed by atoms with Crippen LogP contribution >= 0.6 is 11.6 Å². The molecule has 28 heavy (non-hydrogen) atoms. The number of benzene rings is 2. The van der Waals surface area contributed by atoms with Crippen molar-refractivity contribution in [2.45, 2.75) is 13.8 Å². The summed E-state index contributed by atoms with van der Waals surface area (Å²) in [5, 5.41) is 6.76. The minimum Gasteiger partial charge on any atom is -0.372 e. The van der Waals surface area contributed by atoms with Gasteiger partial charge < -0.3 is 15.5 Å². The fourth-order valence-electron chi connectivity index (χ4n) is 2.90. The van der Waals surface area contributed by atoms with Crippen molar-refractivity contribution in [3.63, 3.8) is 0 Å². The highest BCUT2D eigenvalue weighted by Crippen LogP contribution is 2.21. The first-order valence-corrected chi connectivity index (χ1v) is 9.62. The molecular formula is C22H23ClN4O. The molecular weight excluding hydrogens is 372 g/mol. The molecule has 2 aromatic carbocycles. The van der Waals surface area contributed by atoms with Crippen LogP contribution in [0.5, 0.6) is 0 Å². The first kappa shape index (κ1) is 19.7. The molecule has 0 aliphatic carbocycles. The molecule has 0 bridgehead atoms. The monoisotopic (exact) mass is 394 g/mol. The lowest BCUT2D eigenvalue weighted by Crippen LogP contribution is -2.21. The molecule has 1 amide bonds. The average molecular weight is 395 g/mol. The molecule has 6 heteroatoms. The molecule has 1 heterocycles. The van der Waals surface area contributed by atoms with Gasteiger partial charge in [-0.2, -0.15) is 0 Å². The number of rotatable bonds is 7. The summed E-state index contributed by atoms with van der Waals surface area (Å²) in [6, 6.07) is 18.7. The van der Waals surface area contributed by atoms with E-state index in [1.54, 1.807) is 18.3 Å². The van der Waals surface area contributed by atoms with E-state index in [1.807, 2.05) is 48.5 Å². The maximum absolute atomic E-state index is 12.6. The van der Waals surface area contributed by atoms with Gasteiger partial charge in [0.15, 0.2) is 0 Å². The molecule has 0 unspecified atom stereocenters. The van der Waals surface area contributed by atoms with Gasteiger partial charge in [-0.1, -0.05) is 17.7 Å². The summed E-state index contributed by atoms with van der Waals surface area (Å²) in [5.41, 5.74) is 3.81. The van der Waals surface area contributed by atoms with Crippen molar-refractivity contribution in [3.05, 3.63) is 77.6 Å². The Morgan fingerprint density at radius 2 is 1.68 bits per heavy atom. The Bertz CT molecular complexity index is 939. The minimum absolute atomic E-state index is 0.259. The van der Waals surface area contributed by atoms with Crippen molar-refractivity contribution in [2.24, 2.45) is 0 Å². The zero-order valence-electron chi connectivity index (χ0n) is 15.9. The molecule has 0 fully saturated rings. The molecule has 5 nitrogen and oxygen atoms in total. The lowest BCUT2D eigenvalue weighted by atomic mass is 10.2. The standard InChI is InChI=1S/C22H23ClN4O/c1-3-27(4-2)20-10-8-17(9-11-20)26-22(28)21-15-19(12-13-24-21)25-18-7-5-6-16(23)14-18/h5-15H,3-4H2,1-2H3,(H,24,25)(H,26,28). The highest BCUT2D eigenvalue weighted by molar-refractivity contribution is 6.30. The third-order valence-corrected chi connectivity index (χ3v) is 4.59. The maximum atomic E-state index is 12.6. The first-order chi connectivity index (χ1) is 13.6. The Balaban J connectivity index is 1.69. The smallest absolute Gasteiger partial charge is 0.274 e. The number of hydrogen-bond acceptors (Lipinski definition) is 4. The number of amides is 1. The minimum atomic E-state index is -0.259. The van der Waals surface area contributed by atoms with Crippen LogP contribution < -0.4 is 15.5 Å². The van der Waals surface area contributed by atoms with Gasteiger partial charge in [0.1, 0.15) is 5.69 Å². The van der Waals surface area contributed by atoms with E-state index in [-0.39, 0.29) is 5.91 Å². The predicted octanol–water partition coefficient (Wildman–Crippen LogP) is 5.58. The largest absolute Gasteiger partial charge is 0.372 e. The second-order valence-electron chi connectivity index (χ2n) is 6.24. The normalized spacial score (nSPS) is 10.4. The average Bonchev–Trinajstić information content (AvgIpc) is 2.70. The number of carbonyl (C=O) groups excluding carboxylic acids is 1. The summed E-state index contributed by atoms with van der Waals surface area (Å²) in [6.07, 6.45) is 1.60. The van der Waals surface area contributed by atoms with E-state index in [0.717, 1.165) is 35.8 Å². The quantitative estimate of drug-likeness (QED) is 0.549. The summed E-state index contributed by atoms with van der Waals surface area (Å²) in [5.74, 6) is -0.259. The molecule has 0 spiro atoms. The van der Waals surface area contributed by atoms with E-state index in [2.05, 4.69) is 34.4 Å². The second kappa shape index (κ2) is 9.24. The highest BCUT2D eigenvalue weighted by Gasteiger charge is 2.09. The summed E-state index contributed by atoms with van der Waals surface area (Å²) in [7, 11) is 0. The van der Waals surface area contributed by atoms with Gasteiger partial charge in [0.2, 0.25) is 0 Å². The summed E-state index contributed by atoms with van der Waals surface area (Å²) >= 11 is 6.01. The summed E-state index contributed by atoms with van der Waals surface area (Å²) < 4.78 is 0. The van der Waals surface area contributed by atoms with E-state index in [9.17, 15) is 4.79 Å². The fraction of sp³-hybridized carbons (Fsp3) is 0.182. The van der Waals surface area contributed by atoms with Gasteiger partial charge >= 0.3 is 0 Å². The maximum Gasteiger partial charge on any atom is 0.274 e. The van der Waals surface area contributed by atoms with E-state index in [4.69, 9.17) is 11.6 Å². The van der Waals surface area contributed by atoms with Crippen molar-refractivity contribution in [3.8, 4) is 0 Å². The molecule has 0 saturated carbocycles. The van der Waals surface area contributed by atoms with Crippen LogP contribution in [0.1, 0.15) is 24.3 Å². The number of hydrogen-bond donors (Lipinski definition) is 2. The molecule has 0 aliphatic heterocycles. The van der Waals surface area contributed by atoms with Crippen LogP contribution in [0.25, 0.3) is 0 Å². The predicted molar refractivity (Wildman–Crippen MR) is 117 cm³/mol. The zero-order valence-corrected chi connectivity index (χ0v) is 16.7. The van der Waals surface area contributed by atoms with Gasteiger partial charge in [-0.3, -0.25) is 9.78 Å². The van der Waals surface area contributed by atoms with Crippen molar-refractivity contribution in [1.82, 2.24) is 4.98 Å². The number of nitrogens with one attached hydrogen (secondary N) is 2. The van der Waals surface area contributed by atoms with Crippen molar-refractivity contribution >= 4 is 40.3 Å². The van der Waals surface area contributed by atoms with Gasteiger partial charge in [0, 0.05) is 47.1 Å². The molecule has 0 aliphatic rings. The van der Waals surface area contributed by atoms with Crippen LogP contribution in [0, 0.1) is 0 Å². The zero-order chi connectivity index (χ0) is 19.9. The van der Waals surface area contributed by atoms with E-state index >= 15 is 0 Å². The molecule has 0 saturated heterocycles. The van der Waals surface area contributed by atoms with Crippen molar-refractivity contribution < 1.29 is 4.79 Å². The van der Waals surface area contributed by atoms with Gasteiger partial charge in [-0.15, -0.1) is 0 Å². The number of halogens is 1. The SMILES string of the molecule is CCN(CC)c1ccc(NC(=O)c2cc(Nc3cccc(Cl)c3)ccn2)cc1. The molecule has 3 rings (SSSR count). The Kier molecular flexibility index (Phi) is 6.50. The van der Waals surface area contributed by atoms with Crippen LogP contribution in [0.2, 0.25) is 5.02 Å². The number of nitrogens with zero attached hydrogens (tertiary/aromatic N) is 2. The van der Waals surface area contributed by atoms with Crippen LogP contribution in [0.3, 0.4) is 0 Å². The van der Waals surface area contributed by atoms with E-state index in [1.165, 1.54) is 0 Å². The topological polar surface area (TPSA) is 57.3 Å². The highest BCUT2D eigenvalue weighted by atomic mass is 35.5. The van der Waals surface area contributed by atoms with Crippen LogP contribution in [0.15, 0.2) is 66.9 Å². The van der Waals surface area contributed by atoms with Crippen LogP contribution in [-0.2, 0) is 0 Å². The molecule has 0 radical (unpaired) electrons. The van der Waals surface area contributed by atoms with Crippen molar-refractivity contribution in [2.75, 3.05) is 28.6 Å². The van der Waals surface area contributed by atoms with E-state index in [0.29, 0.717) is 10.7 Å². The van der Waals surface area contributed by atoms with E-state index < -0.39 is 0 Å². The van der Waals surface area contributed by atoms with Crippen LogP contribution in [0.4, 0.5) is 22.7 Å². The third-order valence-electron chi connectivity index (χ3n) is 4.36. The third kappa shape index (κ3) is 5.02.